The van der Waals surface area contributed by atoms with Gasteiger partial charge in [-0.25, -0.2) is 4.68 Å². The predicted molar refractivity (Wildman–Crippen MR) is 132 cm³/mol. The molecule has 1 aliphatic heterocycles. The topological polar surface area (TPSA) is 76.5 Å². The van der Waals surface area contributed by atoms with Crippen molar-refractivity contribution in [1.82, 2.24) is 20.0 Å². The summed E-state index contributed by atoms with van der Waals surface area (Å²) >= 11 is 6.13. The van der Waals surface area contributed by atoms with Crippen molar-refractivity contribution in [2.24, 2.45) is 0 Å². The number of aromatic nitrogens is 2. The molecule has 0 bridgehead atoms. The summed E-state index contributed by atoms with van der Waals surface area (Å²) in [5.41, 5.74) is 2.87. The Kier molecular flexibility index (Phi) is 7.53. The highest BCUT2D eigenvalue weighted by atomic mass is 35.5. The van der Waals surface area contributed by atoms with Crippen LogP contribution in [-0.4, -0.2) is 52.2 Å². The van der Waals surface area contributed by atoms with Crippen LogP contribution in [0, 0.1) is 0 Å². The van der Waals surface area contributed by atoms with Crippen molar-refractivity contribution in [3.8, 4) is 11.4 Å². The highest BCUT2D eigenvalue weighted by molar-refractivity contribution is 6.30. The number of piperidine rings is 1. The molecule has 2 amide bonds. The molecular weight excluding hydrogens is 452 g/mol. The Hall–Kier alpha value is -3.32. The van der Waals surface area contributed by atoms with Crippen molar-refractivity contribution < 1.29 is 14.3 Å². The number of hydrogen-bond donors (Lipinski definition) is 1. The lowest BCUT2D eigenvalue weighted by molar-refractivity contribution is 0.0698. The molecule has 8 heteroatoms. The maximum atomic E-state index is 13.0. The van der Waals surface area contributed by atoms with Gasteiger partial charge < -0.3 is 15.0 Å². The van der Waals surface area contributed by atoms with Crippen LogP contribution in [0.3, 0.4) is 0 Å². The van der Waals surface area contributed by atoms with E-state index < -0.39 is 0 Å². The Labute approximate surface area is 204 Å². The van der Waals surface area contributed by atoms with Crippen LogP contribution in [0.1, 0.15) is 53.1 Å². The molecule has 1 saturated heterocycles. The van der Waals surface area contributed by atoms with E-state index in [1.165, 1.54) is 0 Å². The van der Waals surface area contributed by atoms with Crippen LogP contribution in [0.15, 0.2) is 54.7 Å². The summed E-state index contributed by atoms with van der Waals surface area (Å²) in [5.74, 6) is 0.621. The monoisotopic (exact) mass is 480 g/mol. The smallest absolute Gasteiger partial charge is 0.254 e. The van der Waals surface area contributed by atoms with Gasteiger partial charge in [0.25, 0.3) is 11.8 Å². The van der Waals surface area contributed by atoms with Gasteiger partial charge in [0, 0.05) is 29.7 Å². The standard InChI is InChI=1S/C26H29ClN4O3/c1-3-24-23(17-28-31(24)21-7-5-6-19(27)16-21)25(32)29-20-12-14-30(15-13-20)26(33)18-8-10-22(11-9-18)34-4-2/h5-11,16-17,20H,3-4,12-15H2,1-2H3,(H,29,32). The number of ether oxygens (including phenoxy) is 1. The van der Waals surface area contributed by atoms with Crippen LogP contribution in [0.25, 0.3) is 5.69 Å². The first-order valence-corrected chi connectivity index (χ1v) is 12.0. The number of amides is 2. The summed E-state index contributed by atoms with van der Waals surface area (Å²) in [6, 6.07) is 14.6. The van der Waals surface area contributed by atoms with Crippen molar-refractivity contribution >= 4 is 23.4 Å². The Bertz CT molecular complexity index is 1150. The quantitative estimate of drug-likeness (QED) is 0.539. The molecule has 178 valence electrons. The molecule has 1 fully saturated rings. The lowest BCUT2D eigenvalue weighted by Crippen LogP contribution is -2.46. The van der Waals surface area contributed by atoms with E-state index in [4.69, 9.17) is 16.3 Å². The lowest BCUT2D eigenvalue weighted by atomic mass is 10.0. The molecule has 1 aromatic heterocycles. The minimum Gasteiger partial charge on any atom is -0.494 e. The first kappa shape index (κ1) is 23.8. The van der Waals surface area contributed by atoms with Gasteiger partial charge in [0.15, 0.2) is 0 Å². The second kappa shape index (κ2) is 10.7. The van der Waals surface area contributed by atoms with Crippen LogP contribution in [0.5, 0.6) is 5.75 Å². The van der Waals surface area contributed by atoms with Crippen LogP contribution in [0.4, 0.5) is 0 Å². The van der Waals surface area contributed by atoms with E-state index in [2.05, 4.69) is 10.4 Å². The normalized spacial score (nSPS) is 14.1. The second-order valence-corrected chi connectivity index (χ2v) is 8.68. The Morgan fingerprint density at radius 1 is 1.12 bits per heavy atom. The molecule has 0 saturated carbocycles. The van der Waals surface area contributed by atoms with E-state index in [0.29, 0.717) is 55.1 Å². The summed E-state index contributed by atoms with van der Waals surface area (Å²) in [4.78, 5) is 27.7. The zero-order valence-electron chi connectivity index (χ0n) is 19.5. The minimum atomic E-state index is -0.138. The zero-order chi connectivity index (χ0) is 24.1. The number of carbonyl (C=O) groups excluding carboxylic acids is 2. The van der Waals surface area contributed by atoms with E-state index in [0.717, 1.165) is 17.1 Å². The number of rotatable bonds is 7. The van der Waals surface area contributed by atoms with E-state index in [9.17, 15) is 9.59 Å². The lowest BCUT2D eigenvalue weighted by Gasteiger charge is -2.32. The van der Waals surface area contributed by atoms with Crippen molar-refractivity contribution in [2.45, 2.75) is 39.2 Å². The van der Waals surface area contributed by atoms with Gasteiger partial charge in [-0.05, 0) is 68.7 Å². The Morgan fingerprint density at radius 3 is 2.50 bits per heavy atom. The summed E-state index contributed by atoms with van der Waals surface area (Å²) in [5, 5.41) is 8.19. The largest absolute Gasteiger partial charge is 0.494 e. The summed E-state index contributed by atoms with van der Waals surface area (Å²) in [6.07, 6.45) is 3.68. The van der Waals surface area contributed by atoms with E-state index in [-0.39, 0.29) is 17.9 Å². The molecule has 3 aromatic rings. The van der Waals surface area contributed by atoms with Gasteiger partial charge >= 0.3 is 0 Å². The maximum Gasteiger partial charge on any atom is 0.254 e. The van der Waals surface area contributed by atoms with Gasteiger partial charge in [-0.2, -0.15) is 5.10 Å². The molecule has 0 aliphatic carbocycles. The summed E-state index contributed by atoms with van der Waals surface area (Å²) < 4.78 is 7.21. The average molecular weight is 481 g/mol. The van der Waals surface area contributed by atoms with Crippen LogP contribution in [-0.2, 0) is 6.42 Å². The number of hydrogen-bond acceptors (Lipinski definition) is 4. The molecule has 1 N–H and O–H groups in total. The molecule has 0 spiro atoms. The van der Waals surface area contributed by atoms with E-state index >= 15 is 0 Å². The van der Waals surface area contributed by atoms with Crippen LogP contribution < -0.4 is 10.1 Å². The average Bonchev–Trinajstić information content (AvgIpc) is 3.29. The third kappa shape index (κ3) is 5.25. The fourth-order valence-electron chi connectivity index (χ4n) is 4.27. The van der Waals surface area contributed by atoms with Crippen molar-refractivity contribution in [3.63, 3.8) is 0 Å². The van der Waals surface area contributed by atoms with Crippen molar-refractivity contribution in [1.29, 1.82) is 0 Å². The highest BCUT2D eigenvalue weighted by Gasteiger charge is 2.26. The molecule has 0 atom stereocenters. The first-order chi connectivity index (χ1) is 16.5. The fourth-order valence-corrected chi connectivity index (χ4v) is 4.45. The van der Waals surface area contributed by atoms with Crippen LogP contribution in [0.2, 0.25) is 5.02 Å². The van der Waals surface area contributed by atoms with E-state index in [1.54, 1.807) is 29.1 Å². The van der Waals surface area contributed by atoms with Crippen LogP contribution >= 0.6 is 11.6 Å². The zero-order valence-corrected chi connectivity index (χ0v) is 20.2. The minimum absolute atomic E-state index is 0.00360. The molecule has 2 heterocycles. The number of halogens is 1. The Morgan fingerprint density at radius 2 is 1.85 bits per heavy atom. The molecule has 0 unspecified atom stereocenters. The van der Waals surface area contributed by atoms with Gasteiger partial charge in [0.2, 0.25) is 0 Å². The van der Waals surface area contributed by atoms with Gasteiger partial charge in [-0.3, -0.25) is 9.59 Å². The maximum absolute atomic E-state index is 13.0. The number of benzene rings is 2. The predicted octanol–water partition coefficient (Wildman–Crippen LogP) is 4.52. The third-order valence-corrected chi connectivity index (χ3v) is 6.27. The van der Waals surface area contributed by atoms with Gasteiger partial charge in [-0.1, -0.05) is 24.6 Å². The molecular formula is C26H29ClN4O3. The molecule has 2 aromatic carbocycles. The highest BCUT2D eigenvalue weighted by Crippen LogP contribution is 2.21. The van der Waals surface area contributed by atoms with Gasteiger partial charge in [-0.15, -0.1) is 0 Å². The molecule has 0 radical (unpaired) electrons. The number of carbonyl (C=O) groups is 2. The molecule has 7 nitrogen and oxygen atoms in total. The Balaban J connectivity index is 1.36. The summed E-state index contributed by atoms with van der Waals surface area (Å²) in [6.45, 7) is 5.71. The molecule has 1 aliphatic rings. The fraction of sp³-hybridized carbons (Fsp3) is 0.346. The van der Waals surface area contributed by atoms with E-state index in [1.807, 2.05) is 49.1 Å². The number of nitrogens with zero attached hydrogens (tertiary/aromatic N) is 3. The number of nitrogens with one attached hydrogen (secondary N) is 1. The molecule has 34 heavy (non-hydrogen) atoms. The second-order valence-electron chi connectivity index (χ2n) is 8.25. The molecule has 4 rings (SSSR count). The third-order valence-electron chi connectivity index (χ3n) is 6.03. The van der Waals surface area contributed by atoms with Gasteiger partial charge in [0.05, 0.1) is 29.7 Å². The summed E-state index contributed by atoms with van der Waals surface area (Å²) in [7, 11) is 0. The SMILES string of the molecule is CCOc1ccc(C(=O)N2CCC(NC(=O)c3cnn(-c4cccc(Cl)c4)c3CC)CC2)cc1. The number of likely N-dealkylation sites (tertiary alicyclic amines) is 1. The first-order valence-electron chi connectivity index (χ1n) is 11.7. The van der Waals surface area contributed by atoms with Gasteiger partial charge in [0.1, 0.15) is 5.75 Å². The van der Waals surface area contributed by atoms with Crippen molar-refractivity contribution in [2.75, 3.05) is 19.7 Å². The van der Waals surface area contributed by atoms with Crippen molar-refractivity contribution in [3.05, 3.63) is 76.6 Å².